The lowest BCUT2D eigenvalue weighted by molar-refractivity contribution is 0.215. The summed E-state index contributed by atoms with van der Waals surface area (Å²) in [6, 6.07) is 12.6. The predicted octanol–water partition coefficient (Wildman–Crippen LogP) is 3.83. The van der Waals surface area contributed by atoms with Gasteiger partial charge in [0.2, 0.25) is 0 Å². The minimum atomic E-state index is -0.897. The molecule has 0 spiro atoms. The zero-order valence-electron chi connectivity index (χ0n) is 19.1. The highest BCUT2D eigenvalue weighted by Gasteiger charge is 2.21. The van der Waals surface area contributed by atoms with Crippen LogP contribution in [0.4, 0.5) is 10.2 Å². The number of hydrogen-bond donors (Lipinski definition) is 4. The van der Waals surface area contributed by atoms with Gasteiger partial charge in [0.25, 0.3) is 0 Å². The van der Waals surface area contributed by atoms with Gasteiger partial charge in [-0.15, -0.1) is 0 Å². The third kappa shape index (κ3) is 5.05. The van der Waals surface area contributed by atoms with Crippen LogP contribution in [0, 0.1) is 29.6 Å². The molecule has 0 fully saturated rings. The molecule has 34 heavy (non-hydrogen) atoms. The Hall–Kier alpha value is -4.23. The summed E-state index contributed by atoms with van der Waals surface area (Å²) in [5.74, 6) is -1.16. The highest BCUT2D eigenvalue weighted by atomic mass is 19.1. The number of hydrogen-bond acceptors (Lipinski definition) is 9. The van der Waals surface area contributed by atoms with Crippen LogP contribution in [-0.2, 0) is 12.0 Å². The van der Waals surface area contributed by atoms with Gasteiger partial charge in [-0.3, -0.25) is 4.98 Å². The summed E-state index contributed by atoms with van der Waals surface area (Å²) in [5.41, 5.74) is 15.5. The fourth-order valence-electron chi connectivity index (χ4n) is 3.20. The number of anilines is 1. The molecule has 5 N–H and O–H groups in total. The molecule has 3 rings (SSSR count). The lowest BCUT2D eigenvalue weighted by Gasteiger charge is -2.21. The van der Waals surface area contributed by atoms with E-state index in [1.54, 1.807) is 25.1 Å². The molecule has 0 aliphatic carbocycles. The van der Waals surface area contributed by atoms with E-state index in [-0.39, 0.29) is 30.4 Å². The summed E-state index contributed by atoms with van der Waals surface area (Å²) >= 11 is 0. The number of rotatable bonds is 8. The molecule has 1 aromatic carbocycles. The van der Waals surface area contributed by atoms with Crippen LogP contribution in [0.15, 0.2) is 47.7 Å². The first-order valence-corrected chi connectivity index (χ1v) is 10.4. The number of nitrogens with one attached hydrogen (secondary N) is 2. The molecule has 0 aliphatic rings. The summed E-state index contributed by atoms with van der Waals surface area (Å²) in [7, 11) is 0. The van der Waals surface area contributed by atoms with Gasteiger partial charge in [0.05, 0.1) is 30.5 Å². The van der Waals surface area contributed by atoms with E-state index in [4.69, 9.17) is 11.3 Å². The Balaban J connectivity index is 1.92. The molecule has 0 atom stereocenters. The van der Waals surface area contributed by atoms with Crippen LogP contribution >= 0.6 is 0 Å². The second-order valence-corrected chi connectivity index (χ2v) is 8.26. The first-order valence-electron chi connectivity index (χ1n) is 10.4. The van der Waals surface area contributed by atoms with Crippen LogP contribution in [0.25, 0.3) is 17.1 Å². The molecule has 3 aromatic rings. The molecule has 0 saturated heterocycles. The second-order valence-electron chi connectivity index (χ2n) is 8.26. The van der Waals surface area contributed by atoms with E-state index in [1.807, 2.05) is 32.0 Å². The van der Waals surface area contributed by atoms with Gasteiger partial charge in [-0.25, -0.2) is 19.9 Å². The molecular weight excluding hydrogens is 435 g/mol. The first kappa shape index (κ1) is 24.4. The SMILES string of the molecule is Cc1c(C#N)cccc1-c1nc(N)c(F)c(/C(=C/NCc2cccc(C(C)(C)CO)n2)N=N)n1. The summed E-state index contributed by atoms with van der Waals surface area (Å²) < 4.78 is 14.8. The number of benzene rings is 1. The van der Waals surface area contributed by atoms with Crippen molar-refractivity contribution in [2.75, 3.05) is 12.3 Å². The maximum absolute atomic E-state index is 14.8. The molecule has 10 heteroatoms. The van der Waals surface area contributed by atoms with Gasteiger partial charge in [0, 0.05) is 22.9 Å². The highest BCUT2D eigenvalue weighted by Crippen LogP contribution is 2.28. The summed E-state index contributed by atoms with van der Waals surface area (Å²) in [4.78, 5) is 12.8. The Morgan fingerprint density at radius 3 is 2.68 bits per heavy atom. The van der Waals surface area contributed by atoms with Crippen LogP contribution in [0.3, 0.4) is 0 Å². The van der Waals surface area contributed by atoms with E-state index in [0.717, 1.165) is 5.69 Å². The maximum atomic E-state index is 14.8. The van der Waals surface area contributed by atoms with E-state index in [9.17, 15) is 14.8 Å². The topological polar surface area (TPSA) is 157 Å². The highest BCUT2D eigenvalue weighted by molar-refractivity contribution is 5.69. The Kier molecular flexibility index (Phi) is 7.28. The van der Waals surface area contributed by atoms with E-state index in [2.05, 4.69) is 31.5 Å². The third-order valence-electron chi connectivity index (χ3n) is 5.35. The molecule has 2 aromatic heterocycles. The molecule has 174 valence electrons. The van der Waals surface area contributed by atoms with E-state index < -0.39 is 17.1 Å². The van der Waals surface area contributed by atoms with Crippen LogP contribution in [-0.4, -0.2) is 26.7 Å². The van der Waals surface area contributed by atoms with Gasteiger partial charge in [0.1, 0.15) is 11.4 Å². The van der Waals surface area contributed by atoms with Crippen molar-refractivity contribution in [3.05, 3.63) is 76.6 Å². The number of nitriles is 1. The standard InChI is InChI=1S/C24H25FN8O/c1-14-15(10-26)6-4-8-17(14)23-31-21(20(25)22(27)32-23)18(33-28)12-29-11-16-7-5-9-19(30-16)24(2,3)13-34/h4-9,12,28-29,34H,11,13H2,1-3H3,(H2,27,31,32)/b18-12-,33-28?. The molecule has 2 heterocycles. The molecule has 0 bridgehead atoms. The van der Waals surface area contributed by atoms with Crippen LogP contribution in [0.1, 0.15) is 42.1 Å². The van der Waals surface area contributed by atoms with Crippen molar-refractivity contribution in [2.24, 2.45) is 5.11 Å². The normalized spacial score (nSPS) is 11.7. The Labute approximate surface area is 196 Å². The molecular formula is C24H25FN8O. The largest absolute Gasteiger partial charge is 0.395 e. The monoisotopic (exact) mass is 460 g/mol. The predicted molar refractivity (Wildman–Crippen MR) is 126 cm³/mol. The van der Waals surface area contributed by atoms with Crippen LogP contribution in [0.5, 0.6) is 0 Å². The van der Waals surface area contributed by atoms with Crippen molar-refractivity contribution >= 4 is 11.5 Å². The molecule has 0 aliphatic heterocycles. The molecule has 0 amide bonds. The lowest BCUT2D eigenvalue weighted by atomic mass is 9.90. The lowest BCUT2D eigenvalue weighted by Crippen LogP contribution is -2.24. The zero-order valence-corrected chi connectivity index (χ0v) is 19.1. The van der Waals surface area contributed by atoms with Crippen molar-refractivity contribution < 1.29 is 9.50 Å². The number of halogens is 1. The minimum Gasteiger partial charge on any atom is -0.395 e. The van der Waals surface area contributed by atoms with E-state index in [0.29, 0.717) is 22.4 Å². The van der Waals surface area contributed by atoms with E-state index >= 15 is 0 Å². The molecule has 0 unspecified atom stereocenters. The van der Waals surface area contributed by atoms with Gasteiger partial charge in [-0.1, -0.05) is 32.0 Å². The van der Waals surface area contributed by atoms with Gasteiger partial charge in [0.15, 0.2) is 17.5 Å². The quantitative estimate of drug-likeness (QED) is 0.372. The Morgan fingerprint density at radius 2 is 2.00 bits per heavy atom. The van der Waals surface area contributed by atoms with Crippen molar-refractivity contribution in [2.45, 2.75) is 32.7 Å². The average Bonchev–Trinajstić information content (AvgIpc) is 2.84. The number of nitrogens with zero attached hydrogens (tertiary/aromatic N) is 5. The second kappa shape index (κ2) is 10.1. The number of nitrogens with two attached hydrogens (primary N) is 1. The van der Waals surface area contributed by atoms with Crippen molar-refractivity contribution in [3.63, 3.8) is 0 Å². The number of nitrogen functional groups attached to an aromatic ring is 1. The molecule has 9 nitrogen and oxygen atoms in total. The first-order chi connectivity index (χ1) is 16.2. The van der Waals surface area contributed by atoms with Crippen molar-refractivity contribution in [1.82, 2.24) is 20.3 Å². The maximum Gasteiger partial charge on any atom is 0.193 e. The van der Waals surface area contributed by atoms with Gasteiger partial charge < -0.3 is 16.2 Å². The third-order valence-corrected chi connectivity index (χ3v) is 5.35. The van der Waals surface area contributed by atoms with Crippen LogP contribution in [0.2, 0.25) is 0 Å². The van der Waals surface area contributed by atoms with E-state index in [1.165, 1.54) is 6.20 Å². The number of pyridine rings is 1. The Bertz CT molecular complexity index is 1300. The zero-order chi connectivity index (χ0) is 24.9. The Morgan fingerprint density at radius 1 is 1.26 bits per heavy atom. The smallest absolute Gasteiger partial charge is 0.193 e. The fourth-order valence-corrected chi connectivity index (χ4v) is 3.20. The summed E-state index contributed by atoms with van der Waals surface area (Å²) in [6.45, 7) is 5.73. The van der Waals surface area contributed by atoms with Crippen LogP contribution < -0.4 is 11.1 Å². The average molecular weight is 461 g/mol. The number of aliphatic hydroxyl groups excluding tert-OH is 1. The van der Waals surface area contributed by atoms with Crippen molar-refractivity contribution in [1.29, 1.82) is 10.8 Å². The van der Waals surface area contributed by atoms with Crippen molar-refractivity contribution in [3.8, 4) is 17.5 Å². The number of aliphatic hydroxyl groups is 1. The fraction of sp³-hybridized carbons (Fsp3) is 0.250. The van der Waals surface area contributed by atoms with Gasteiger partial charge in [-0.05, 0) is 30.7 Å². The summed E-state index contributed by atoms with van der Waals surface area (Å²) in [5, 5.41) is 25.2. The van der Waals surface area contributed by atoms with Gasteiger partial charge in [-0.2, -0.15) is 10.4 Å². The molecule has 0 radical (unpaired) electrons. The summed E-state index contributed by atoms with van der Waals surface area (Å²) in [6.07, 6.45) is 1.35. The minimum absolute atomic E-state index is 0.0495. The molecule has 0 saturated carbocycles. The van der Waals surface area contributed by atoms with Gasteiger partial charge >= 0.3 is 0 Å². The number of aromatic nitrogens is 3.